The quantitative estimate of drug-likeness (QED) is 0.132. The van der Waals surface area contributed by atoms with Crippen molar-refractivity contribution in [2.45, 2.75) is 19.3 Å². The van der Waals surface area contributed by atoms with Gasteiger partial charge in [0.05, 0.1) is 27.8 Å². The molecular weight excluding hydrogens is 585 g/mol. The zero-order valence-corrected chi connectivity index (χ0v) is 24.8. The molecule has 2 aliphatic heterocycles. The number of hydrazone groups is 1. The van der Waals surface area contributed by atoms with E-state index in [4.69, 9.17) is 9.85 Å². The maximum Gasteiger partial charge on any atom is 0.270 e. The number of non-ortho nitro benzene ring substituents is 1. The molecule has 9 heteroatoms. The third kappa shape index (κ3) is 4.02. The summed E-state index contributed by atoms with van der Waals surface area (Å²) in [4.78, 5) is 13.4. The number of para-hydroxylation sites is 2. The molecule has 0 unspecified atom stereocenters. The van der Waals surface area contributed by atoms with Gasteiger partial charge < -0.3 is 4.90 Å². The van der Waals surface area contributed by atoms with Gasteiger partial charge >= 0.3 is 0 Å². The van der Waals surface area contributed by atoms with Crippen LogP contribution in [0.1, 0.15) is 19.4 Å². The van der Waals surface area contributed by atoms with Gasteiger partial charge in [-0.2, -0.15) is 5.10 Å². The molecule has 4 aromatic rings. The van der Waals surface area contributed by atoms with Gasteiger partial charge in [0.1, 0.15) is 7.21 Å². The Hall–Kier alpha value is -4.00. The topological polar surface area (TPSA) is 74.3 Å². The summed E-state index contributed by atoms with van der Waals surface area (Å²) in [7, 11) is -0.742. The van der Waals surface area contributed by atoms with Gasteiger partial charge in [0.2, 0.25) is 0 Å². The van der Waals surface area contributed by atoms with Gasteiger partial charge in [-0.1, -0.05) is 80.6 Å². The molecule has 0 bridgehead atoms. The minimum absolute atomic E-state index is 0.00574. The van der Waals surface area contributed by atoms with Crippen molar-refractivity contribution in [3.05, 3.63) is 134 Å². The summed E-state index contributed by atoms with van der Waals surface area (Å²) >= 11 is 3.59. The molecule has 0 fully saturated rings. The molecule has 0 N–H and O–H groups in total. The predicted molar refractivity (Wildman–Crippen MR) is 168 cm³/mol. The minimum atomic E-state index is -2.85. The number of nitro benzene ring substituents is 1. The summed E-state index contributed by atoms with van der Waals surface area (Å²) in [6.07, 6.45) is 1.97. The number of benzene rings is 4. The molecule has 0 aliphatic carbocycles. The van der Waals surface area contributed by atoms with Crippen molar-refractivity contribution >= 4 is 57.4 Å². The van der Waals surface area contributed by atoms with Crippen LogP contribution in [0.25, 0.3) is 0 Å². The van der Waals surface area contributed by atoms with Gasteiger partial charge in [-0.15, -0.1) is 0 Å². The second-order valence-corrected chi connectivity index (χ2v) is 13.9. The van der Waals surface area contributed by atoms with Crippen molar-refractivity contribution in [1.29, 1.82) is 0 Å². The lowest BCUT2D eigenvalue weighted by molar-refractivity contribution is -0.384. The smallest absolute Gasteiger partial charge is 0.270 e. The zero-order valence-electron chi connectivity index (χ0n) is 22.3. The van der Waals surface area contributed by atoms with Crippen molar-refractivity contribution in [3.63, 3.8) is 0 Å². The van der Waals surface area contributed by atoms with E-state index in [9.17, 15) is 10.1 Å². The van der Waals surface area contributed by atoms with Crippen molar-refractivity contribution in [2.75, 3.05) is 16.7 Å². The van der Waals surface area contributed by atoms with Crippen LogP contribution < -0.4 is 15.0 Å². The van der Waals surface area contributed by atoms with Gasteiger partial charge in [0.15, 0.2) is 0 Å². The summed E-state index contributed by atoms with van der Waals surface area (Å²) < 4.78 is 8.18. The maximum absolute atomic E-state index is 11.5. The van der Waals surface area contributed by atoms with Crippen LogP contribution in [-0.2, 0) is 5.41 Å². The normalized spacial score (nSPS) is 21.0. The first-order chi connectivity index (χ1) is 19.2. The fraction of sp³-hybridized carbons (Fsp3) is 0.129. The average Bonchev–Trinajstić information content (AvgIpc) is 3.42. The summed E-state index contributed by atoms with van der Waals surface area (Å²) in [5, 5.41) is 18.6. The Balaban J connectivity index is 1.74. The molecular formula is C31H27BrN5O2P. The Morgan fingerprint density at radius 2 is 1.57 bits per heavy atom. The van der Waals surface area contributed by atoms with E-state index in [-0.39, 0.29) is 11.1 Å². The molecule has 40 heavy (non-hydrogen) atoms. The van der Waals surface area contributed by atoms with Crippen LogP contribution in [0.4, 0.5) is 22.7 Å². The summed E-state index contributed by atoms with van der Waals surface area (Å²) in [6.45, 7) is 4.50. The molecule has 200 valence electrons. The Labute approximate surface area is 241 Å². The van der Waals surface area contributed by atoms with Crippen molar-refractivity contribution in [3.8, 4) is 0 Å². The number of fused-ring (bicyclic) bond motifs is 1. The lowest BCUT2D eigenvalue weighted by Crippen LogP contribution is -2.27. The van der Waals surface area contributed by atoms with Crippen molar-refractivity contribution < 1.29 is 4.92 Å². The van der Waals surface area contributed by atoms with Crippen molar-refractivity contribution in [1.82, 2.24) is 0 Å². The van der Waals surface area contributed by atoms with E-state index < -0.39 is 12.1 Å². The molecule has 0 amide bonds. The van der Waals surface area contributed by atoms with Gasteiger partial charge in [-0.3, -0.25) is 10.1 Å². The summed E-state index contributed by atoms with van der Waals surface area (Å²) in [5.74, 6) is 0. The highest BCUT2D eigenvalue weighted by atomic mass is 79.9. The molecule has 0 aromatic heterocycles. The van der Waals surface area contributed by atoms with E-state index in [1.807, 2.05) is 54.7 Å². The molecule has 0 saturated carbocycles. The highest BCUT2D eigenvalue weighted by Crippen LogP contribution is 2.68. The first-order valence-electron chi connectivity index (χ1n) is 12.9. The number of rotatable bonds is 4. The van der Waals surface area contributed by atoms with Crippen LogP contribution >= 0.6 is 23.1 Å². The Morgan fingerprint density at radius 1 is 0.925 bits per heavy atom. The molecule has 6 rings (SSSR count). The van der Waals surface area contributed by atoms with E-state index >= 15 is 0 Å². The third-order valence-electron chi connectivity index (χ3n) is 7.51. The van der Waals surface area contributed by atoms with E-state index in [0.29, 0.717) is 10.2 Å². The molecule has 0 radical (unpaired) electrons. The SMILES string of the molecule is CN1/C(=C2\C=NN(c3ccccc3)[P@]2(=Nc2ccc([N+](=O)[O-])cc2Br)c2ccccc2)C(C)(C)c2ccccc21. The van der Waals surface area contributed by atoms with E-state index in [2.05, 4.69) is 82.9 Å². The molecule has 2 heterocycles. The number of halogens is 1. The van der Waals surface area contributed by atoms with Crippen LogP contribution in [0.5, 0.6) is 0 Å². The third-order valence-corrected chi connectivity index (χ3v) is 11.5. The number of hydrogen-bond acceptors (Lipinski definition) is 5. The molecule has 0 saturated heterocycles. The van der Waals surface area contributed by atoms with Gasteiger partial charge in [0, 0.05) is 45.8 Å². The Morgan fingerprint density at radius 3 is 2.23 bits per heavy atom. The number of anilines is 2. The number of hydrogen-bond donors (Lipinski definition) is 0. The molecule has 7 nitrogen and oxygen atoms in total. The van der Waals surface area contributed by atoms with Crippen LogP contribution in [0.3, 0.4) is 0 Å². The van der Waals surface area contributed by atoms with Crippen LogP contribution in [0.2, 0.25) is 0 Å². The van der Waals surface area contributed by atoms with Crippen LogP contribution in [-0.4, -0.2) is 18.2 Å². The van der Waals surface area contributed by atoms with E-state index in [1.165, 1.54) is 17.7 Å². The predicted octanol–water partition coefficient (Wildman–Crippen LogP) is 8.58. The van der Waals surface area contributed by atoms with Crippen molar-refractivity contribution in [2.24, 2.45) is 9.85 Å². The second-order valence-electron chi connectivity index (χ2n) is 10.2. The molecule has 2 aliphatic rings. The highest BCUT2D eigenvalue weighted by molar-refractivity contribution is 9.10. The zero-order chi connectivity index (χ0) is 28.1. The molecule has 4 aromatic carbocycles. The second kappa shape index (κ2) is 9.88. The molecule has 0 spiro atoms. The largest absolute Gasteiger partial charge is 0.346 e. The minimum Gasteiger partial charge on any atom is -0.346 e. The van der Waals surface area contributed by atoms with Gasteiger partial charge in [-0.05, 0) is 45.8 Å². The monoisotopic (exact) mass is 611 g/mol. The first kappa shape index (κ1) is 26.2. The number of nitro groups is 1. The Bertz CT molecular complexity index is 1750. The van der Waals surface area contributed by atoms with Gasteiger partial charge in [0.25, 0.3) is 5.69 Å². The number of likely N-dealkylation sites (N-methyl/N-ethyl adjacent to an activating group) is 1. The van der Waals surface area contributed by atoms with Crippen LogP contribution in [0.15, 0.2) is 128 Å². The van der Waals surface area contributed by atoms with E-state index in [1.54, 1.807) is 6.07 Å². The summed E-state index contributed by atoms with van der Waals surface area (Å²) in [6, 6.07) is 33.6. The Kier molecular flexibility index (Phi) is 6.48. The average molecular weight is 612 g/mol. The number of allylic oxidation sites excluding steroid dienone is 2. The highest BCUT2D eigenvalue weighted by Gasteiger charge is 2.47. The lowest BCUT2D eigenvalue weighted by Gasteiger charge is -2.35. The van der Waals surface area contributed by atoms with Crippen LogP contribution in [0, 0.1) is 10.1 Å². The fourth-order valence-electron chi connectivity index (χ4n) is 5.71. The fourth-order valence-corrected chi connectivity index (χ4v) is 9.99. The number of nitrogens with zero attached hydrogens (tertiary/aromatic N) is 5. The molecule has 1 atom stereocenters. The standard InChI is InChI=1S/C31H27BrN5O2P/c1-31(2)25-16-10-11-17-28(25)35(3)30(31)29-21-33-36(22-12-6-4-7-13-22)40(29,24-14-8-5-9-15-24)34-27-19-18-23(37(38)39)20-26(27)32/h4-21H,1-3H3/b30-29+/t40-/m1/s1. The van der Waals surface area contributed by atoms with Gasteiger partial charge in [-0.25, -0.2) is 9.52 Å². The maximum atomic E-state index is 11.5. The van der Waals surface area contributed by atoms with E-state index in [0.717, 1.165) is 27.7 Å². The first-order valence-corrected chi connectivity index (χ1v) is 15.3. The lowest BCUT2D eigenvalue weighted by atomic mass is 9.84. The summed E-state index contributed by atoms with van der Waals surface area (Å²) in [5.41, 5.74) is 4.77.